The van der Waals surface area contributed by atoms with Crippen LogP contribution in [0.15, 0.2) is 22.7 Å². The molecule has 0 saturated carbocycles. The van der Waals surface area contributed by atoms with Gasteiger partial charge in [-0.3, -0.25) is 0 Å². The SMILES string of the molecule is COCCOc1cc(C(C)(C)C)ccc1Br. The maximum Gasteiger partial charge on any atom is 0.133 e. The van der Waals surface area contributed by atoms with Gasteiger partial charge < -0.3 is 9.47 Å². The van der Waals surface area contributed by atoms with E-state index in [9.17, 15) is 0 Å². The zero-order valence-corrected chi connectivity index (χ0v) is 11.9. The second-order valence-corrected chi connectivity index (χ2v) is 5.59. The lowest BCUT2D eigenvalue weighted by Crippen LogP contribution is -2.12. The number of hydrogen-bond acceptors (Lipinski definition) is 2. The summed E-state index contributed by atoms with van der Waals surface area (Å²) in [6, 6.07) is 6.23. The molecule has 90 valence electrons. The van der Waals surface area contributed by atoms with Crippen LogP contribution in [0.1, 0.15) is 26.3 Å². The van der Waals surface area contributed by atoms with Crippen molar-refractivity contribution in [2.75, 3.05) is 20.3 Å². The molecule has 16 heavy (non-hydrogen) atoms. The number of halogens is 1. The minimum atomic E-state index is 0.139. The largest absolute Gasteiger partial charge is 0.490 e. The summed E-state index contributed by atoms with van der Waals surface area (Å²) in [5.74, 6) is 0.879. The van der Waals surface area contributed by atoms with E-state index in [-0.39, 0.29) is 5.41 Å². The van der Waals surface area contributed by atoms with Crippen LogP contribution in [-0.4, -0.2) is 20.3 Å². The third-order valence-electron chi connectivity index (χ3n) is 2.34. The molecular formula is C13H19BrO2. The molecule has 0 radical (unpaired) electrons. The number of ether oxygens (including phenoxy) is 2. The summed E-state index contributed by atoms with van der Waals surface area (Å²) in [6.07, 6.45) is 0. The fourth-order valence-electron chi connectivity index (χ4n) is 1.32. The third kappa shape index (κ3) is 3.80. The Morgan fingerprint density at radius 1 is 1.19 bits per heavy atom. The van der Waals surface area contributed by atoms with Gasteiger partial charge in [-0.25, -0.2) is 0 Å². The molecule has 0 unspecified atom stereocenters. The van der Waals surface area contributed by atoms with Crippen molar-refractivity contribution in [3.8, 4) is 5.75 Å². The van der Waals surface area contributed by atoms with Gasteiger partial charge in [0, 0.05) is 7.11 Å². The van der Waals surface area contributed by atoms with Crippen LogP contribution in [0, 0.1) is 0 Å². The third-order valence-corrected chi connectivity index (χ3v) is 3.00. The maximum absolute atomic E-state index is 5.64. The van der Waals surface area contributed by atoms with E-state index >= 15 is 0 Å². The molecule has 0 aromatic heterocycles. The molecular weight excluding hydrogens is 268 g/mol. The lowest BCUT2D eigenvalue weighted by atomic mass is 9.87. The van der Waals surface area contributed by atoms with Crippen molar-refractivity contribution in [3.63, 3.8) is 0 Å². The van der Waals surface area contributed by atoms with Crippen LogP contribution in [-0.2, 0) is 10.2 Å². The topological polar surface area (TPSA) is 18.5 Å². The average Bonchev–Trinajstić information content (AvgIpc) is 2.19. The smallest absolute Gasteiger partial charge is 0.133 e. The molecule has 1 aromatic carbocycles. The number of hydrogen-bond donors (Lipinski definition) is 0. The van der Waals surface area contributed by atoms with E-state index in [1.165, 1.54) is 5.56 Å². The monoisotopic (exact) mass is 286 g/mol. The Bertz CT molecular complexity index is 342. The second-order valence-electron chi connectivity index (χ2n) is 4.74. The lowest BCUT2D eigenvalue weighted by molar-refractivity contribution is 0.146. The number of rotatable bonds is 4. The summed E-state index contributed by atoms with van der Waals surface area (Å²) in [4.78, 5) is 0. The number of methoxy groups -OCH3 is 1. The van der Waals surface area contributed by atoms with E-state index in [0.29, 0.717) is 13.2 Å². The molecule has 1 rings (SSSR count). The first-order valence-corrected chi connectivity index (χ1v) is 6.16. The van der Waals surface area contributed by atoms with Crippen LogP contribution in [0.2, 0.25) is 0 Å². The first kappa shape index (κ1) is 13.5. The van der Waals surface area contributed by atoms with E-state index in [1.54, 1.807) is 7.11 Å². The predicted molar refractivity (Wildman–Crippen MR) is 70.2 cm³/mol. The average molecular weight is 287 g/mol. The molecule has 1 aromatic rings. The molecule has 0 amide bonds. The van der Waals surface area contributed by atoms with E-state index in [4.69, 9.17) is 9.47 Å². The maximum atomic E-state index is 5.64. The van der Waals surface area contributed by atoms with Crippen LogP contribution in [0.3, 0.4) is 0 Å². The standard InChI is InChI=1S/C13H19BrO2/c1-13(2,3)10-5-6-11(14)12(9-10)16-8-7-15-4/h5-6,9H,7-8H2,1-4H3. The highest BCUT2D eigenvalue weighted by Crippen LogP contribution is 2.31. The summed E-state index contributed by atoms with van der Waals surface area (Å²) < 4.78 is 11.6. The minimum Gasteiger partial charge on any atom is -0.490 e. The van der Waals surface area contributed by atoms with Gasteiger partial charge >= 0.3 is 0 Å². The van der Waals surface area contributed by atoms with Crippen molar-refractivity contribution in [1.29, 1.82) is 0 Å². The Kier molecular flexibility index (Phi) is 4.81. The molecule has 0 N–H and O–H groups in total. The zero-order chi connectivity index (χ0) is 12.2. The van der Waals surface area contributed by atoms with Gasteiger partial charge in [-0.1, -0.05) is 26.8 Å². The molecule has 0 spiro atoms. The Hall–Kier alpha value is -0.540. The van der Waals surface area contributed by atoms with Crippen molar-refractivity contribution >= 4 is 15.9 Å². The Labute approximate surface area is 106 Å². The molecule has 0 bridgehead atoms. The molecule has 3 heteroatoms. The highest BCUT2D eigenvalue weighted by atomic mass is 79.9. The summed E-state index contributed by atoms with van der Waals surface area (Å²) in [7, 11) is 1.67. The van der Waals surface area contributed by atoms with Gasteiger partial charge in [0.25, 0.3) is 0 Å². The van der Waals surface area contributed by atoms with Gasteiger partial charge in [0.05, 0.1) is 11.1 Å². The van der Waals surface area contributed by atoms with Crippen molar-refractivity contribution in [3.05, 3.63) is 28.2 Å². The predicted octanol–water partition coefficient (Wildman–Crippen LogP) is 3.77. The molecule has 0 atom stereocenters. The molecule has 0 heterocycles. The second kappa shape index (κ2) is 5.69. The molecule has 2 nitrogen and oxygen atoms in total. The molecule has 0 saturated heterocycles. The van der Waals surface area contributed by atoms with Crippen molar-refractivity contribution in [1.82, 2.24) is 0 Å². The molecule has 0 aliphatic rings. The van der Waals surface area contributed by atoms with Crippen LogP contribution >= 0.6 is 15.9 Å². The minimum absolute atomic E-state index is 0.139. The highest BCUT2D eigenvalue weighted by molar-refractivity contribution is 9.10. The normalized spacial score (nSPS) is 11.6. The van der Waals surface area contributed by atoms with E-state index in [2.05, 4.69) is 48.8 Å². The van der Waals surface area contributed by atoms with Crippen molar-refractivity contribution < 1.29 is 9.47 Å². The number of benzene rings is 1. The first-order valence-electron chi connectivity index (χ1n) is 5.37. The van der Waals surface area contributed by atoms with E-state index in [1.807, 2.05) is 6.07 Å². The lowest BCUT2D eigenvalue weighted by Gasteiger charge is -2.20. The summed E-state index contributed by atoms with van der Waals surface area (Å²) in [5.41, 5.74) is 1.41. The van der Waals surface area contributed by atoms with Crippen LogP contribution in [0.5, 0.6) is 5.75 Å². The van der Waals surface area contributed by atoms with Gasteiger partial charge in [0.15, 0.2) is 0 Å². The summed E-state index contributed by atoms with van der Waals surface area (Å²) in [5, 5.41) is 0. The van der Waals surface area contributed by atoms with Gasteiger partial charge in [-0.2, -0.15) is 0 Å². The van der Waals surface area contributed by atoms with Crippen LogP contribution < -0.4 is 4.74 Å². The fraction of sp³-hybridized carbons (Fsp3) is 0.538. The first-order chi connectivity index (χ1) is 7.45. The van der Waals surface area contributed by atoms with Crippen molar-refractivity contribution in [2.45, 2.75) is 26.2 Å². The zero-order valence-electron chi connectivity index (χ0n) is 10.3. The van der Waals surface area contributed by atoms with Crippen LogP contribution in [0.25, 0.3) is 0 Å². The summed E-state index contributed by atoms with van der Waals surface area (Å²) in [6.45, 7) is 7.74. The Balaban J connectivity index is 2.83. The Morgan fingerprint density at radius 2 is 1.88 bits per heavy atom. The van der Waals surface area contributed by atoms with Gasteiger partial charge in [-0.05, 0) is 39.0 Å². The van der Waals surface area contributed by atoms with E-state index < -0.39 is 0 Å². The summed E-state index contributed by atoms with van der Waals surface area (Å²) >= 11 is 3.48. The highest BCUT2D eigenvalue weighted by Gasteiger charge is 2.15. The Morgan fingerprint density at radius 3 is 2.44 bits per heavy atom. The van der Waals surface area contributed by atoms with Crippen LogP contribution in [0.4, 0.5) is 0 Å². The molecule has 0 aliphatic heterocycles. The van der Waals surface area contributed by atoms with Gasteiger partial charge in [0.1, 0.15) is 12.4 Å². The molecule has 0 aliphatic carbocycles. The van der Waals surface area contributed by atoms with Gasteiger partial charge in [0.2, 0.25) is 0 Å². The quantitative estimate of drug-likeness (QED) is 0.785. The molecule has 0 fully saturated rings. The van der Waals surface area contributed by atoms with Gasteiger partial charge in [-0.15, -0.1) is 0 Å². The fourth-order valence-corrected chi connectivity index (χ4v) is 1.68. The van der Waals surface area contributed by atoms with E-state index in [0.717, 1.165) is 10.2 Å². The van der Waals surface area contributed by atoms with Crippen molar-refractivity contribution in [2.24, 2.45) is 0 Å².